The first-order valence-corrected chi connectivity index (χ1v) is 15.7. The van der Waals surface area contributed by atoms with Crippen LogP contribution in [0.4, 0.5) is 4.79 Å². The number of hydrogen-bond acceptors (Lipinski definition) is 6. The minimum atomic E-state index is -2.43. The highest BCUT2D eigenvalue weighted by molar-refractivity contribution is 6.81. The van der Waals surface area contributed by atoms with Crippen molar-refractivity contribution in [3.05, 3.63) is 63.4 Å². The normalized spacial score (nSPS) is 20.6. The number of hydrogen-bond donors (Lipinski definition) is 1. The lowest BCUT2D eigenvalue weighted by Gasteiger charge is -2.47. The van der Waals surface area contributed by atoms with Gasteiger partial charge in [-0.3, -0.25) is 4.79 Å². The first-order chi connectivity index (χ1) is 17.4. The fourth-order valence-corrected chi connectivity index (χ4v) is 7.45. The number of cyclic esters (lactones) is 1. The predicted molar refractivity (Wildman–Crippen MR) is 144 cm³/mol. The Morgan fingerprint density at radius 2 is 1.95 bits per heavy atom. The van der Waals surface area contributed by atoms with Crippen molar-refractivity contribution in [3.63, 3.8) is 0 Å². The molecule has 3 aromatic rings. The van der Waals surface area contributed by atoms with Gasteiger partial charge in [-0.15, -0.1) is 0 Å². The van der Waals surface area contributed by atoms with Crippen molar-refractivity contribution in [3.8, 4) is 11.4 Å². The second-order valence-electron chi connectivity index (χ2n) is 11.5. The van der Waals surface area contributed by atoms with Crippen LogP contribution in [0.15, 0.2) is 41.2 Å². The van der Waals surface area contributed by atoms with E-state index in [1.807, 2.05) is 30.3 Å². The number of rotatable bonds is 3. The number of ether oxygens (including phenoxy) is 2. The molecule has 0 aliphatic carbocycles. The van der Waals surface area contributed by atoms with Gasteiger partial charge in [-0.1, -0.05) is 59.0 Å². The van der Waals surface area contributed by atoms with E-state index in [-0.39, 0.29) is 17.0 Å². The second-order valence-corrected chi connectivity index (χ2v) is 17.0. The van der Waals surface area contributed by atoms with Crippen LogP contribution in [0.1, 0.15) is 56.5 Å². The van der Waals surface area contributed by atoms with Gasteiger partial charge in [0, 0.05) is 23.6 Å². The number of esters is 1. The number of para-hydroxylation sites is 1. The van der Waals surface area contributed by atoms with Gasteiger partial charge in [0.2, 0.25) is 5.60 Å². The highest BCUT2D eigenvalue weighted by Gasteiger charge is 2.58. The van der Waals surface area contributed by atoms with Crippen LogP contribution in [0.5, 0.6) is 0 Å². The Balaban J connectivity index is 1.84. The molecule has 37 heavy (non-hydrogen) atoms. The Morgan fingerprint density at radius 3 is 2.59 bits per heavy atom. The Bertz CT molecular complexity index is 1520. The first kappa shape index (κ1) is 25.2. The SMILES string of the molecule is CCC1(OC(=O)NC)C(=O)OC([Si](C)(C)C(C)(C)C)c2c1cc1n(c2=O)Cc2cc3ccccc3nc2-1. The summed E-state index contributed by atoms with van der Waals surface area (Å²) in [6.45, 7) is 12.7. The number of fused-ring (bicyclic) bond motifs is 5. The molecule has 0 spiro atoms. The zero-order valence-electron chi connectivity index (χ0n) is 22.4. The smallest absolute Gasteiger partial charge is 0.408 e. The monoisotopic (exact) mass is 519 g/mol. The molecule has 2 atom stereocenters. The van der Waals surface area contributed by atoms with E-state index in [9.17, 15) is 14.4 Å². The number of benzene rings is 1. The standard InChI is InChI=1S/C28H33N3O5Si/c1-8-28(36-26(34)29-5)18-14-20-22-17(13-16-11-9-10-12-19(16)30-22)15-31(20)23(32)21(18)24(35-25(28)33)37(6,7)27(2,3)4/h9-14,24H,8,15H2,1-7H3,(H,29,34). The summed E-state index contributed by atoms with van der Waals surface area (Å²) in [6, 6.07) is 11.7. The molecule has 2 aliphatic heterocycles. The number of nitrogens with one attached hydrogen (secondary N) is 1. The van der Waals surface area contributed by atoms with Crippen LogP contribution >= 0.6 is 0 Å². The molecule has 9 heteroatoms. The number of nitrogens with zero attached hydrogens (tertiary/aromatic N) is 2. The summed E-state index contributed by atoms with van der Waals surface area (Å²) >= 11 is 0. The Morgan fingerprint density at radius 1 is 1.24 bits per heavy atom. The summed E-state index contributed by atoms with van der Waals surface area (Å²) in [6.07, 6.45) is -0.641. The van der Waals surface area contributed by atoms with Crippen LogP contribution in [0.2, 0.25) is 18.1 Å². The number of alkyl carbamates (subject to hydrolysis) is 1. The number of pyridine rings is 2. The van der Waals surface area contributed by atoms with Gasteiger partial charge in [0.15, 0.2) is 0 Å². The topological polar surface area (TPSA) is 99.5 Å². The Labute approximate surface area is 217 Å². The minimum Gasteiger partial charge on any atom is -0.458 e. The van der Waals surface area contributed by atoms with Crippen LogP contribution in [0, 0.1) is 0 Å². The first-order valence-electron chi connectivity index (χ1n) is 12.6. The van der Waals surface area contributed by atoms with Crippen molar-refractivity contribution < 1.29 is 19.1 Å². The summed E-state index contributed by atoms with van der Waals surface area (Å²) in [5.41, 5.74) is 1.24. The second kappa shape index (κ2) is 8.27. The summed E-state index contributed by atoms with van der Waals surface area (Å²) in [5, 5.41) is 3.25. The molecule has 194 valence electrons. The van der Waals surface area contributed by atoms with Crippen molar-refractivity contribution in [1.82, 2.24) is 14.9 Å². The largest absolute Gasteiger partial charge is 0.458 e. The highest BCUT2D eigenvalue weighted by Crippen LogP contribution is 2.51. The third kappa shape index (κ3) is 3.54. The van der Waals surface area contributed by atoms with E-state index >= 15 is 0 Å². The summed E-state index contributed by atoms with van der Waals surface area (Å²) in [7, 11) is -1.000. The molecule has 1 amide bonds. The maximum absolute atomic E-state index is 14.3. The van der Waals surface area contributed by atoms with Gasteiger partial charge in [0.1, 0.15) is 13.8 Å². The fraction of sp³-hybridized carbons (Fsp3) is 0.429. The van der Waals surface area contributed by atoms with Gasteiger partial charge >= 0.3 is 12.1 Å². The number of carbonyl (C=O) groups excluding carboxylic acids is 2. The van der Waals surface area contributed by atoms with Crippen molar-refractivity contribution >= 4 is 31.0 Å². The molecule has 0 bridgehead atoms. The van der Waals surface area contributed by atoms with Crippen molar-refractivity contribution in [2.24, 2.45) is 0 Å². The molecule has 2 aliphatic rings. The number of amides is 1. The van der Waals surface area contributed by atoms with Crippen molar-refractivity contribution in [2.75, 3.05) is 7.05 Å². The molecule has 0 saturated carbocycles. The maximum Gasteiger partial charge on any atom is 0.408 e. The van der Waals surface area contributed by atoms with Gasteiger partial charge in [-0.05, 0) is 29.7 Å². The Kier molecular flexibility index (Phi) is 5.64. The van der Waals surface area contributed by atoms with Crippen LogP contribution in [0.3, 0.4) is 0 Å². The predicted octanol–water partition coefficient (Wildman–Crippen LogP) is 5.03. The fourth-order valence-electron chi connectivity index (χ4n) is 5.26. The molecule has 0 fully saturated rings. The zero-order chi connectivity index (χ0) is 26.9. The van der Waals surface area contributed by atoms with E-state index < -0.39 is 31.5 Å². The lowest BCUT2D eigenvalue weighted by atomic mass is 9.85. The third-order valence-electron chi connectivity index (χ3n) is 8.52. The number of aromatic nitrogens is 2. The quantitative estimate of drug-likeness (QED) is 0.301. The lowest BCUT2D eigenvalue weighted by Crippen LogP contribution is -2.56. The highest BCUT2D eigenvalue weighted by atomic mass is 28.3. The average molecular weight is 520 g/mol. The Hall–Kier alpha value is -3.46. The molecule has 5 rings (SSSR count). The van der Waals surface area contributed by atoms with Gasteiger partial charge < -0.3 is 19.4 Å². The molecular weight excluding hydrogens is 486 g/mol. The molecular formula is C28H33N3O5Si. The van der Waals surface area contributed by atoms with Gasteiger partial charge in [-0.25, -0.2) is 14.6 Å². The molecule has 2 aromatic heterocycles. The van der Waals surface area contributed by atoms with Crippen LogP contribution in [-0.4, -0.2) is 36.7 Å². The van der Waals surface area contributed by atoms with Crippen molar-refractivity contribution in [1.29, 1.82) is 0 Å². The number of carbonyl (C=O) groups is 2. The van der Waals surface area contributed by atoms with Gasteiger partial charge in [-0.2, -0.15) is 0 Å². The molecule has 4 heterocycles. The van der Waals surface area contributed by atoms with E-state index in [2.05, 4.69) is 45.2 Å². The zero-order valence-corrected chi connectivity index (χ0v) is 23.4. The van der Waals surface area contributed by atoms with Gasteiger partial charge in [0.05, 0.1) is 29.0 Å². The van der Waals surface area contributed by atoms with E-state index in [1.165, 1.54) is 7.05 Å². The van der Waals surface area contributed by atoms with Gasteiger partial charge in [0.25, 0.3) is 5.56 Å². The van der Waals surface area contributed by atoms with Crippen molar-refractivity contribution in [2.45, 2.75) is 70.1 Å². The molecule has 1 N–H and O–H groups in total. The lowest BCUT2D eigenvalue weighted by molar-refractivity contribution is -0.174. The molecule has 0 radical (unpaired) electrons. The van der Waals surface area contributed by atoms with Crippen LogP contribution < -0.4 is 10.9 Å². The van der Waals surface area contributed by atoms with E-state index in [0.717, 1.165) is 16.5 Å². The third-order valence-corrected chi connectivity index (χ3v) is 14.1. The van der Waals surface area contributed by atoms with E-state index in [0.29, 0.717) is 29.1 Å². The molecule has 1 aromatic carbocycles. The molecule has 8 nitrogen and oxygen atoms in total. The maximum atomic E-state index is 14.3. The van der Waals surface area contributed by atoms with Crippen LogP contribution in [0.25, 0.3) is 22.3 Å². The summed E-state index contributed by atoms with van der Waals surface area (Å²) in [4.78, 5) is 45.4. The molecule has 0 saturated heterocycles. The average Bonchev–Trinajstić information content (AvgIpc) is 3.21. The minimum absolute atomic E-state index is 0.122. The molecule has 2 unspecified atom stereocenters. The summed E-state index contributed by atoms with van der Waals surface area (Å²) < 4.78 is 13.6. The van der Waals surface area contributed by atoms with Crippen LogP contribution in [-0.2, 0) is 26.4 Å². The van der Waals surface area contributed by atoms with E-state index in [4.69, 9.17) is 14.5 Å². The summed E-state index contributed by atoms with van der Waals surface area (Å²) in [5.74, 6) is -0.644. The van der Waals surface area contributed by atoms with E-state index in [1.54, 1.807) is 11.5 Å².